The molecule has 0 bridgehead atoms. The summed E-state index contributed by atoms with van der Waals surface area (Å²) in [4.78, 5) is 10.8. The molecule has 0 aromatic heterocycles. The summed E-state index contributed by atoms with van der Waals surface area (Å²) >= 11 is 0. The third-order valence-corrected chi connectivity index (χ3v) is 1.01. The summed E-state index contributed by atoms with van der Waals surface area (Å²) in [5.41, 5.74) is 0. The van der Waals surface area contributed by atoms with E-state index in [0.29, 0.717) is 12.8 Å². The Morgan fingerprint density at radius 2 is 2.20 bits per heavy atom. The average Bonchev–Trinajstić information content (AvgIpc) is 1.82. The lowest BCUT2D eigenvalue weighted by molar-refractivity contribution is -0.121. The molecule has 0 aliphatic carbocycles. The largest absolute Gasteiger partial charge is 0.396 e. The molecule has 0 saturated heterocycles. The van der Waals surface area contributed by atoms with Crippen LogP contribution in [0, 0.1) is 0 Å². The zero-order valence-electron chi connectivity index (χ0n) is 6.55. The Kier molecular flexibility index (Phi) is 4.94. The second-order valence-electron chi connectivity index (χ2n) is 2.55. The number of nitrogens with one attached hydrogen (secondary N) is 1. The molecule has 10 heavy (non-hydrogen) atoms. The fourth-order valence-corrected chi connectivity index (χ4v) is 0.634. The zero-order valence-corrected chi connectivity index (χ0v) is 6.55. The van der Waals surface area contributed by atoms with Crippen molar-refractivity contribution in [2.24, 2.45) is 0 Å². The molecule has 60 valence electrons. The Balaban J connectivity index is 3.26. The van der Waals surface area contributed by atoms with Crippen LogP contribution in [-0.4, -0.2) is 23.7 Å². The van der Waals surface area contributed by atoms with Gasteiger partial charge >= 0.3 is 0 Å². The van der Waals surface area contributed by atoms with Crippen LogP contribution in [0.2, 0.25) is 0 Å². The minimum atomic E-state index is 0.0176. The quantitative estimate of drug-likeness (QED) is 0.597. The molecule has 0 spiro atoms. The number of carbonyl (C=O) groups is 1. The van der Waals surface area contributed by atoms with Crippen LogP contribution in [0.5, 0.6) is 0 Å². The summed E-state index contributed by atoms with van der Waals surface area (Å²) < 4.78 is 0. The van der Waals surface area contributed by atoms with Crippen molar-refractivity contribution < 1.29 is 9.90 Å². The summed E-state index contributed by atoms with van der Waals surface area (Å²) in [6, 6.07) is 0.200. The summed E-state index contributed by atoms with van der Waals surface area (Å²) in [6.07, 6.45) is 0.979. The van der Waals surface area contributed by atoms with E-state index in [1.807, 2.05) is 13.8 Å². The van der Waals surface area contributed by atoms with Gasteiger partial charge in [0, 0.05) is 19.1 Å². The predicted molar refractivity (Wildman–Crippen MR) is 39.6 cm³/mol. The molecular formula is C7H15NO2. The Morgan fingerprint density at radius 1 is 1.60 bits per heavy atom. The standard InChI is InChI=1S/C7H15NO2/c1-6(2)8-7(10)4-3-5-9/h6,9H,3-5H2,1-2H3,(H,8,10). The number of carbonyl (C=O) groups excluding carboxylic acids is 1. The van der Waals surface area contributed by atoms with Gasteiger partial charge in [0.25, 0.3) is 0 Å². The monoisotopic (exact) mass is 145 g/mol. The first-order chi connectivity index (χ1) is 4.66. The zero-order chi connectivity index (χ0) is 7.98. The van der Waals surface area contributed by atoms with Crippen LogP contribution in [0.4, 0.5) is 0 Å². The third kappa shape index (κ3) is 5.56. The van der Waals surface area contributed by atoms with E-state index < -0.39 is 0 Å². The van der Waals surface area contributed by atoms with Crippen LogP contribution in [0.25, 0.3) is 0 Å². The van der Waals surface area contributed by atoms with Crippen LogP contribution >= 0.6 is 0 Å². The van der Waals surface area contributed by atoms with Crippen LogP contribution < -0.4 is 5.32 Å². The summed E-state index contributed by atoms with van der Waals surface area (Å²) in [5, 5.41) is 11.1. The van der Waals surface area contributed by atoms with E-state index >= 15 is 0 Å². The number of aliphatic hydroxyl groups is 1. The molecule has 1 amide bonds. The van der Waals surface area contributed by atoms with Gasteiger partial charge in [0.1, 0.15) is 0 Å². The third-order valence-electron chi connectivity index (χ3n) is 1.01. The van der Waals surface area contributed by atoms with Gasteiger partial charge < -0.3 is 10.4 Å². The highest BCUT2D eigenvalue weighted by atomic mass is 16.3. The summed E-state index contributed by atoms with van der Waals surface area (Å²) in [7, 11) is 0. The van der Waals surface area contributed by atoms with Crippen LogP contribution in [-0.2, 0) is 4.79 Å². The maximum Gasteiger partial charge on any atom is 0.220 e. The first-order valence-corrected chi connectivity index (χ1v) is 3.57. The topological polar surface area (TPSA) is 49.3 Å². The fraction of sp³-hybridized carbons (Fsp3) is 0.857. The molecule has 2 N–H and O–H groups in total. The van der Waals surface area contributed by atoms with E-state index in [9.17, 15) is 4.79 Å². The number of rotatable bonds is 4. The molecule has 0 unspecified atom stereocenters. The Bertz CT molecular complexity index is 102. The molecule has 0 aromatic rings. The van der Waals surface area contributed by atoms with Crippen LogP contribution in [0.3, 0.4) is 0 Å². The van der Waals surface area contributed by atoms with Crippen LogP contribution in [0.1, 0.15) is 26.7 Å². The highest BCUT2D eigenvalue weighted by Gasteiger charge is 2.00. The van der Waals surface area contributed by atoms with Gasteiger partial charge in [-0.25, -0.2) is 0 Å². The molecule has 0 aliphatic rings. The van der Waals surface area contributed by atoms with Crippen molar-refractivity contribution in [1.29, 1.82) is 0 Å². The number of amides is 1. The second-order valence-corrected chi connectivity index (χ2v) is 2.55. The molecule has 0 aromatic carbocycles. The minimum Gasteiger partial charge on any atom is -0.396 e. The maximum atomic E-state index is 10.8. The first kappa shape index (κ1) is 9.43. The van der Waals surface area contributed by atoms with Gasteiger partial charge in [0.15, 0.2) is 0 Å². The lowest BCUT2D eigenvalue weighted by Gasteiger charge is -2.06. The maximum absolute atomic E-state index is 10.8. The molecular weight excluding hydrogens is 130 g/mol. The predicted octanol–water partition coefficient (Wildman–Crippen LogP) is 0.283. The van der Waals surface area contributed by atoms with Crippen molar-refractivity contribution in [3.8, 4) is 0 Å². The lowest BCUT2D eigenvalue weighted by Crippen LogP contribution is -2.29. The van der Waals surface area contributed by atoms with Crippen molar-refractivity contribution in [2.75, 3.05) is 6.61 Å². The molecule has 0 saturated carbocycles. The summed E-state index contributed by atoms with van der Waals surface area (Å²) in [5.74, 6) is 0.0176. The summed E-state index contributed by atoms with van der Waals surface area (Å²) in [6.45, 7) is 3.92. The van der Waals surface area contributed by atoms with Gasteiger partial charge in [0.2, 0.25) is 5.91 Å². The van der Waals surface area contributed by atoms with Crippen molar-refractivity contribution in [3.05, 3.63) is 0 Å². The number of aliphatic hydroxyl groups excluding tert-OH is 1. The Labute approximate surface area is 61.4 Å². The van der Waals surface area contributed by atoms with Gasteiger partial charge in [0.05, 0.1) is 0 Å². The molecule has 0 aliphatic heterocycles. The highest BCUT2D eigenvalue weighted by Crippen LogP contribution is 1.87. The molecule has 3 heteroatoms. The molecule has 0 radical (unpaired) electrons. The van der Waals surface area contributed by atoms with Crippen molar-refractivity contribution in [3.63, 3.8) is 0 Å². The molecule has 0 fully saturated rings. The van der Waals surface area contributed by atoms with E-state index in [4.69, 9.17) is 5.11 Å². The first-order valence-electron chi connectivity index (χ1n) is 3.57. The fourth-order valence-electron chi connectivity index (χ4n) is 0.634. The van der Waals surface area contributed by atoms with Crippen LogP contribution in [0.15, 0.2) is 0 Å². The normalized spacial score (nSPS) is 10.0. The molecule has 0 heterocycles. The van der Waals surface area contributed by atoms with Crippen molar-refractivity contribution in [1.82, 2.24) is 5.32 Å². The van der Waals surface area contributed by atoms with E-state index in [0.717, 1.165) is 0 Å². The minimum absolute atomic E-state index is 0.0176. The van der Waals surface area contributed by atoms with E-state index in [-0.39, 0.29) is 18.6 Å². The number of hydrogen-bond donors (Lipinski definition) is 2. The Morgan fingerprint density at radius 3 is 2.60 bits per heavy atom. The SMILES string of the molecule is CC(C)NC(=O)CCCO. The Hall–Kier alpha value is -0.570. The van der Waals surface area contributed by atoms with Crippen molar-refractivity contribution >= 4 is 5.91 Å². The molecule has 0 atom stereocenters. The smallest absolute Gasteiger partial charge is 0.220 e. The van der Waals surface area contributed by atoms with Crippen molar-refractivity contribution in [2.45, 2.75) is 32.7 Å². The van der Waals surface area contributed by atoms with E-state index in [2.05, 4.69) is 5.32 Å². The molecule has 3 nitrogen and oxygen atoms in total. The van der Waals surface area contributed by atoms with Gasteiger partial charge in [-0.05, 0) is 20.3 Å². The molecule has 0 rings (SSSR count). The van der Waals surface area contributed by atoms with Gasteiger partial charge in [-0.15, -0.1) is 0 Å². The highest BCUT2D eigenvalue weighted by molar-refractivity contribution is 5.76. The number of hydrogen-bond acceptors (Lipinski definition) is 2. The lowest BCUT2D eigenvalue weighted by atomic mass is 10.3. The van der Waals surface area contributed by atoms with E-state index in [1.165, 1.54) is 0 Å². The second kappa shape index (κ2) is 5.23. The van der Waals surface area contributed by atoms with Gasteiger partial charge in [-0.2, -0.15) is 0 Å². The van der Waals surface area contributed by atoms with Gasteiger partial charge in [-0.3, -0.25) is 4.79 Å². The average molecular weight is 145 g/mol. The van der Waals surface area contributed by atoms with Gasteiger partial charge in [-0.1, -0.05) is 0 Å². The van der Waals surface area contributed by atoms with E-state index in [1.54, 1.807) is 0 Å².